The first-order valence-corrected chi connectivity index (χ1v) is 8.42. The summed E-state index contributed by atoms with van der Waals surface area (Å²) in [5.41, 5.74) is 1.53. The monoisotopic (exact) mass is 394 g/mol. The topological polar surface area (TPSA) is 41.6 Å². The van der Waals surface area contributed by atoms with Crippen molar-refractivity contribution in [3.8, 4) is 5.75 Å². The Bertz CT molecular complexity index is 709. The molecule has 0 saturated heterocycles. The first kappa shape index (κ1) is 18.4. The summed E-state index contributed by atoms with van der Waals surface area (Å²) in [7, 11) is 1.43. The van der Waals surface area contributed by atoms with Gasteiger partial charge in [-0.15, -0.1) is 0 Å². The van der Waals surface area contributed by atoms with E-state index in [0.29, 0.717) is 13.1 Å². The summed E-state index contributed by atoms with van der Waals surface area (Å²) in [5.74, 6) is -0.296. The van der Waals surface area contributed by atoms with Gasteiger partial charge in [0.1, 0.15) is 0 Å². The fourth-order valence-electron chi connectivity index (χ4n) is 2.30. The lowest BCUT2D eigenvalue weighted by atomic mass is 10.2. The van der Waals surface area contributed by atoms with Gasteiger partial charge < -0.3 is 10.1 Å². The maximum absolute atomic E-state index is 13.8. The molecule has 6 heteroatoms. The molecule has 0 saturated carbocycles. The van der Waals surface area contributed by atoms with Crippen LogP contribution in [0.5, 0.6) is 5.75 Å². The van der Waals surface area contributed by atoms with Gasteiger partial charge in [-0.3, -0.25) is 9.69 Å². The van der Waals surface area contributed by atoms with Crippen molar-refractivity contribution in [3.05, 3.63) is 58.3 Å². The zero-order valence-electron chi connectivity index (χ0n) is 13.7. The number of halogens is 2. The van der Waals surface area contributed by atoms with E-state index < -0.39 is 5.82 Å². The number of benzene rings is 2. The minimum Gasteiger partial charge on any atom is -0.494 e. The lowest BCUT2D eigenvalue weighted by Crippen LogP contribution is -2.32. The standard InChI is InChI=1S/C18H20BrFN2O2/c1-3-22(11-13-8-9-17(24-2)15(20)10-13)12-18(23)21-16-7-5-4-6-14(16)19/h4-10H,3,11-12H2,1-2H3,(H,21,23). The molecule has 1 amide bonds. The second-order valence-corrected chi connectivity index (χ2v) is 6.15. The molecule has 1 N–H and O–H groups in total. The van der Waals surface area contributed by atoms with Crippen LogP contribution in [-0.2, 0) is 11.3 Å². The van der Waals surface area contributed by atoms with Crippen LogP contribution < -0.4 is 10.1 Å². The summed E-state index contributed by atoms with van der Waals surface area (Å²) < 4.78 is 19.5. The number of carbonyl (C=O) groups is 1. The van der Waals surface area contributed by atoms with Crippen molar-refractivity contribution >= 4 is 27.5 Å². The largest absolute Gasteiger partial charge is 0.494 e. The second kappa shape index (κ2) is 8.80. The number of ether oxygens (including phenoxy) is 1. The molecule has 2 aromatic carbocycles. The van der Waals surface area contributed by atoms with Crippen LogP contribution in [-0.4, -0.2) is 31.0 Å². The van der Waals surface area contributed by atoms with Crippen molar-refractivity contribution in [3.63, 3.8) is 0 Å². The predicted molar refractivity (Wildman–Crippen MR) is 96.7 cm³/mol. The molecule has 0 fully saturated rings. The Morgan fingerprint density at radius 1 is 1.29 bits per heavy atom. The van der Waals surface area contributed by atoms with Gasteiger partial charge in [0.25, 0.3) is 0 Å². The molecule has 2 rings (SSSR count). The predicted octanol–water partition coefficient (Wildman–Crippen LogP) is 4.06. The van der Waals surface area contributed by atoms with Gasteiger partial charge in [-0.25, -0.2) is 4.39 Å². The molecule has 0 bridgehead atoms. The third-order valence-electron chi connectivity index (χ3n) is 3.58. The summed E-state index contributed by atoms with van der Waals surface area (Å²) in [6, 6.07) is 12.3. The smallest absolute Gasteiger partial charge is 0.238 e. The number of carbonyl (C=O) groups excluding carboxylic acids is 1. The van der Waals surface area contributed by atoms with Gasteiger partial charge in [-0.1, -0.05) is 25.1 Å². The Labute approximate surface area is 149 Å². The number of hydrogen-bond donors (Lipinski definition) is 1. The molecule has 2 aromatic rings. The van der Waals surface area contributed by atoms with Crippen molar-refractivity contribution in [2.24, 2.45) is 0 Å². The van der Waals surface area contributed by atoms with E-state index >= 15 is 0 Å². The average molecular weight is 395 g/mol. The van der Waals surface area contributed by atoms with E-state index in [1.807, 2.05) is 36.1 Å². The fraction of sp³-hybridized carbons (Fsp3) is 0.278. The molecule has 0 unspecified atom stereocenters. The maximum Gasteiger partial charge on any atom is 0.238 e. The number of methoxy groups -OCH3 is 1. The highest BCUT2D eigenvalue weighted by atomic mass is 79.9. The third kappa shape index (κ3) is 5.04. The Balaban J connectivity index is 1.97. The van der Waals surface area contributed by atoms with Crippen LogP contribution in [0.2, 0.25) is 0 Å². The molecule has 0 aromatic heterocycles. The van der Waals surface area contributed by atoms with Gasteiger partial charge in [-0.2, -0.15) is 0 Å². The normalized spacial score (nSPS) is 10.7. The van der Waals surface area contributed by atoms with Crippen molar-refractivity contribution in [2.75, 3.05) is 25.5 Å². The fourth-order valence-corrected chi connectivity index (χ4v) is 2.69. The average Bonchev–Trinajstić information content (AvgIpc) is 2.56. The van der Waals surface area contributed by atoms with Gasteiger partial charge >= 0.3 is 0 Å². The minimum absolute atomic E-state index is 0.113. The van der Waals surface area contributed by atoms with E-state index in [1.54, 1.807) is 12.1 Å². The lowest BCUT2D eigenvalue weighted by Gasteiger charge is -2.20. The van der Waals surface area contributed by atoms with Gasteiger partial charge in [0.2, 0.25) is 5.91 Å². The highest BCUT2D eigenvalue weighted by molar-refractivity contribution is 9.10. The van der Waals surface area contributed by atoms with Gasteiger partial charge in [-0.05, 0) is 52.3 Å². The number of anilines is 1. The molecule has 128 valence electrons. The van der Waals surface area contributed by atoms with Gasteiger partial charge in [0, 0.05) is 11.0 Å². The molecule has 0 radical (unpaired) electrons. The summed E-state index contributed by atoms with van der Waals surface area (Å²) in [4.78, 5) is 14.2. The lowest BCUT2D eigenvalue weighted by molar-refractivity contribution is -0.117. The van der Waals surface area contributed by atoms with Crippen molar-refractivity contribution in [2.45, 2.75) is 13.5 Å². The minimum atomic E-state index is -0.399. The zero-order valence-corrected chi connectivity index (χ0v) is 15.3. The second-order valence-electron chi connectivity index (χ2n) is 5.30. The molecule has 0 heterocycles. The molecule has 0 aliphatic carbocycles. The van der Waals surface area contributed by atoms with Gasteiger partial charge in [0.15, 0.2) is 11.6 Å². The van der Waals surface area contributed by atoms with Crippen LogP contribution >= 0.6 is 15.9 Å². The molecule has 4 nitrogen and oxygen atoms in total. The van der Waals surface area contributed by atoms with E-state index in [1.165, 1.54) is 13.2 Å². The van der Waals surface area contributed by atoms with E-state index in [4.69, 9.17) is 4.74 Å². The van der Waals surface area contributed by atoms with Crippen LogP contribution in [0.4, 0.5) is 10.1 Å². The molecule has 24 heavy (non-hydrogen) atoms. The van der Waals surface area contributed by atoms with E-state index in [-0.39, 0.29) is 18.2 Å². The first-order chi connectivity index (χ1) is 11.5. The van der Waals surface area contributed by atoms with E-state index in [0.717, 1.165) is 15.7 Å². The van der Waals surface area contributed by atoms with E-state index in [9.17, 15) is 9.18 Å². The highest BCUT2D eigenvalue weighted by Gasteiger charge is 2.12. The first-order valence-electron chi connectivity index (χ1n) is 7.62. The number of amides is 1. The van der Waals surface area contributed by atoms with Crippen LogP contribution in [0, 0.1) is 5.82 Å². The molecule has 0 aliphatic heterocycles. The molecular formula is C18H20BrFN2O2. The van der Waals surface area contributed by atoms with Crippen LogP contribution in [0.25, 0.3) is 0 Å². The summed E-state index contributed by atoms with van der Waals surface area (Å²) >= 11 is 3.40. The quantitative estimate of drug-likeness (QED) is 0.769. The molecule has 0 atom stereocenters. The Morgan fingerprint density at radius 3 is 2.67 bits per heavy atom. The van der Waals surface area contributed by atoms with Crippen molar-refractivity contribution in [1.29, 1.82) is 0 Å². The Morgan fingerprint density at radius 2 is 2.04 bits per heavy atom. The van der Waals surface area contributed by atoms with Gasteiger partial charge in [0.05, 0.1) is 19.3 Å². The van der Waals surface area contributed by atoms with Crippen molar-refractivity contribution in [1.82, 2.24) is 4.90 Å². The van der Waals surface area contributed by atoms with Crippen LogP contribution in [0.3, 0.4) is 0 Å². The number of nitrogens with zero attached hydrogens (tertiary/aromatic N) is 1. The van der Waals surface area contributed by atoms with Crippen LogP contribution in [0.1, 0.15) is 12.5 Å². The third-order valence-corrected chi connectivity index (χ3v) is 4.28. The number of rotatable bonds is 7. The number of hydrogen-bond acceptors (Lipinski definition) is 3. The molecule has 0 spiro atoms. The number of nitrogens with one attached hydrogen (secondary N) is 1. The highest BCUT2D eigenvalue weighted by Crippen LogP contribution is 2.21. The number of likely N-dealkylation sites (N-methyl/N-ethyl adjacent to an activating group) is 1. The summed E-state index contributed by atoms with van der Waals surface area (Å²) in [6.07, 6.45) is 0. The number of para-hydroxylation sites is 1. The van der Waals surface area contributed by atoms with Crippen LogP contribution in [0.15, 0.2) is 46.9 Å². The SMILES string of the molecule is CCN(CC(=O)Nc1ccccc1Br)Cc1ccc(OC)c(F)c1. The molecular weight excluding hydrogens is 375 g/mol. The summed E-state index contributed by atoms with van der Waals surface area (Å²) in [5, 5.41) is 2.87. The van der Waals surface area contributed by atoms with Crippen molar-refractivity contribution < 1.29 is 13.9 Å². The maximum atomic E-state index is 13.8. The Kier molecular flexibility index (Phi) is 6.75. The molecule has 0 aliphatic rings. The Hall–Kier alpha value is -1.92. The summed E-state index contributed by atoms with van der Waals surface area (Å²) in [6.45, 7) is 3.36. The zero-order chi connectivity index (χ0) is 17.5. The van der Waals surface area contributed by atoms with E-state index in [2.05, 4.69) is 21.2 Å².